The molecular weight excluding hydrogens is 218 g/mol. The summed E-state index contributed by atoms with van der Waals surface area (Å²) in [6.45, 7) is 5.27. The SMILES string of the molecule is CC(C)(C)OC(=O)C(N)C(O)c1ccccc1. The Morgan fingerprint density at radius 1 is 1.29 bits per heavy atom. The number of benzene rings is 1. The van der Waals surface area contributed by atoms with E-state index in [1.54, 1.807) is 45.0 Å². The lowest BCUT2D eigenvalue weighted by atomic mass is 10.0. The van der Waals surface area contributed by atoms with Gasteiger partial charge in [-0.25, -0.2) is 0 Å². The lowest BCUT2D eigenvalue weighted by molar-refractivity contribution is -0.159. The molecule has 2 atom stereocenters. The van der Waals surface area contributed by atoms with Gasteiger partial charge in [0.2, 0.25) is 0 Å². The Hall–Kier alpha value is -1.39. The van der Waals surface area contributed by atoms with E-state index in [-0.39, 0.29) is 0 Å². The molecule has 0 saturated heterocycles. The number of nitrogens with two attached hydrogens (primary N) is 1. The molecule has 1 rings (SSSR count). The van der Waals surface area contributed by atoms with E-state index in [0.29, 0.717) is 5.56 Å². The minimum absolute atomic E-state index is 0.603. The van der Waals surface area contributed by atoms with Gasteiger partial charge in [-0.05, 0) is 26.3 Å². The molecule has 0 spiro atoms. The molecule has 3 N–H and O–H groups in total. The maximum absolute atomic E-state index is 11.7. The summed E-state index contributed by atoms with van der Waals surface area (Å²) < 4.78 is 5.12. The summed E-state index contributed by atoms with van der Waals surface area (Å²) in [4.78, 5) is 11.7. The van der Waals surface area contributed by atoms with Gasteiger partial charge in [0, 0.05) is 0 Å². The zero-order chi connectivity index (χ0) is 13.1. The van der Waals surface area contributed by atoms with Gasteiger partial charge in [0.1, 0.15) is 17.7 Å². The normalized spacial score (nSPS) is 15.1. The van der Waals surface area contributed by atoms with E-state index in [1.807, 2.05) is 6.07 Å². The van der Waals surface area contributed by atoms with Gasteiger partial charge in [0.15, 0.2) is 0 Å². The molecule has 0 fully saturated rings. The summed E-state index contributed by atoms with van der Waals surface area (Å²) in [7, 11) is 0. The second kappa shape index (κ2) is 5.29. The van der Waals surface area contributed by atoms with Crippen LogP contribution in [0.15, 0.2) is 30.3 Å². The van der Waals surface area contributed by atoms with Crippen LogP contribution >= 0.6 is 0 Å². The molecule has 0 amide bonds. The molecule has 0 aromatic heterocycles. The lowest BCUT2D eigenvalue weighted by Crippen LogP contribution is -2.41. The van der Waals surface area contributed by atoms with Gasteiger partial charge in [-0.1, -0.05) is 30.3 Å². The molecule has 4 nitrogen and oxygen atoms in total. The Morgan fingerprint density at radius 3 is 2.29 bits per heavy atom. The molecule has 0 aliphatic heterocycles. The monoisotopic (exact) mass is 237 g/mol. The minimum Gasteiger partial charge on any atom is -0.459 e. The number of aliphatic hydroxyl groups is 1. The molecule has 0 radical (unpaired) electrons. The van der Waals surface area contributed by atoms with Crippen molar-refractivity contribution in [3.8, 4) is 0 Å². The third kappa shape index (κ3) is 4.17. The Balaban J connectivity index is 2.70. The summed E-state index contributed by atoms with van der Waals surface area (Å²) >= 11 is 0. The lowest BCUT2D eigenvalue weighted by Gasteiger charge is -2.24. The van der Waals surface area contributed by atoms with Crippen LogP contribution in [0.25, 0.3) is 0 Å². The van der Waals surface area contributed by atoms with Crippen LogP contribution in [0.3, 0.4) is 0 Å². The number of carbonyl (C=O) groups is 1. The van der Waals surface area contributed by atoms with Crippen LogP contribution in [0.1, 0.15) is 32.4 Å². The van der Waals surface area contributed by atoms with Gasteiger partial charge >= 0.3 is 5.97 Å². The second-order valence-electron chi connectivity index (χ2n) is 4.91. The van der Waals surface area contributed by atoms with Gasteiger partial charge < -0.3 is 15.6 Å². The molecule has 4 heteroatoms. The fraction of sp³-hybridized carbons (Fsp3) is 0.462. The highest BCUT2D eigenvalue weighted by atomic mass is 16.6. The van der Waals surface area contributed by atoms with Crippen LogP contribution in [0.5, 0.6) is 0 Å². The smallest absolute Gasteiger partial charge is 0.326 e. The van der Waals surface area contributed by atoms with Crippen LogP contribution in [0.2, 0.25) is 0 Å². The first-order chi connectivity index (χ1) is 7.81. The summed E-state index contributed by atoms with van der Waals surface area (Å²) in [5.74, 6) is -0.603. The van der Waals surface area contributed by atoms with Crippen molar-refractivity contribution in [3.63, 3.8) is 0 Å². The first kappa shape index (κ1) is 13.7. The van der Waals surface area contributed by atoms with E-state index >= 15 is 0 Å². The molecule has 0 saturated carbocycles. The third-order valence-corrected chi connectivity index (χ3v) is 2.16. The number of rotatable bonds is 3. The predicted octanol–water partition coefficient (Wildman–Crippen LogP) is 1.39. The highest BCUT2D eigenvalue weighted by Crippen LogP contribution is 2.18. The molecule has 0 aliphatic rings. The standard InChI is InChI=1S/C13H19NO3/c1-13(2,3)17-12(16)10(14)11(15)9-7-5-4-6-8-9/h4-8,10-11,15H,14H2,1-3H3. The van der Waals surface area contributed by atoms with Crippen molar-refractivity contribution in [2.45, 2.75) is 38.5 Å². The topological polar surface area (TPSA) is 72.5 Å². The minimum atomic E-state index is -1.07. The van der Waals surface area contributed by atoms with Gasteiger partial charge in [0.25, 0.3) is 0 Å². The van der Waals surface area contributed by atoms with E-state index in [0.717, 1.165) is 0 Å². The van der Waals surface area contributed by atoms with Crippen molar-refractivity contribution < 1.29 is 14.6 Å². The molecule has 0 bridgehead atoms. The van der Waals surface area contributed by atoms with Gasteiger partial charge in [0.05, 0.1) is 0 Å². The average Bonchev–Trinajstić information content (AvgIpc) is 2.26. The second-order valence-corrected chi connectivity index (χ2v) is 4.91. The van der Waals surface area contributed by atoms with Crippen LogP contribution in [0.4, 0.5) is 0 Å². The van der Waals surface area contributed by atoms with Crippen molar-refractivity contribution in [2.24, 2.45) is 5.73 Å². The molecular formula is C13H19NO3. The Labute approximate surface area is 101 Å². The van der Waals surface area contributed by atoms with E-state index in [9.17, 15) is 9.90 Å². The summed E-state index contributed by atoms with van der Waals surface area (Å²) in [5.41, 5.74) is 5.67. The highest BCUT2D eigenvalue weighted by molar-refractivity contribution is 5.77. The maximum atomic E-state index is 11.7. The number of esters is 1. The van der Waals surface area contributed by atoms with Crippen LogP contribution in [-0.2, 0) is 9.53 Å². The Bertz CT molecular complexity index is 370. The summed E-state index contributed by atoms with van der Waals surface area (Å²) in [6.07, 6.45) is -1.05. The molecule has 1 aromatic rings. The molecule has 2 unspecified atom stereocenters. The zero-order valence-corrected chi connectivity index (χ0v) is 10.4. The highest BCUT2D eigenvalue weighted by Gasteiger charge is 2.28. The largest absolute Gasteiger partial charge is 0.459 e. The fourth-order valence-corrected chi connectivity index (χ4v) is 1.36. The molecule has 0 heterocycles. The van der Waals surface area contributed by atoms with E-state index in [2.05, 4.69) is 0 Å². The number of ether oxygens (including phenoxy) is 1. The number of carbonyl (C=O) groups excluding carboxylic acids is 1. The number of aliphatic hydroxyl groups excluding tert-OH is 1. The average molecular weight is 237 g/mol. The predicted molar refractivity (Wildman–Crippen MR) is 65.2 cm³/mol. The van der Waals surface area contributed by atoms with Crippen LogP contribution in [0, 0.1) is 0 Å². The van der Waals surface area contributed by atoms with Crippen molar-refractivity contribution in [3.05, 3.63) is 35.9 Å². The molecule has 0 aliphatic carbocycles. The van der Waals surface area contributed by atoms with Gasteiger partial charge in [-0.15, -0.1) is 0 Å². The van der Waals surface area contributed by atoms with E-state index in [1.165, 1.54) is 0 Å². The van der Waals surface area contributed by atoms with Crippen molar-refractivity contribution in [2.75, 3.05) is 0 Å². The zero-order valence-electron chi connectivity index (χ0n) is 10.4. The van der Waals surface area contributed by atoms with Gasteiger partial charge in [-0.2, -0.15) is 0 Å². The van der Waals surface area contributed by atoms with Crippen molar-refractivity contribution in [1.29, 1.82) is 0 Å². The van der Waals surface area contributed by atoms with Crippen LogP contribution in [-0.4, -0.2) is 22.7 Å². The fourth-order valence-electron chi connectivity index (χ4n) is 1.36. The first-order valence-electron chi connectivity index (χ1n) is 5.53. The van der Waals surface area contributed by atoms with Gasteiger partial charge in [-0.3, -0.25) is 4.79 Å². The maximum Gasteiger partial charge on any atom is 0.326 e. The van der Waals surface area contributed by atoms with E-state index in [4.69, 9.17) is 10.5 Å². The molecule has 94 valence electrons. The Kier molecular flexibility index (Phi) is 4.26. The third-order valence-electron chi connectivity index (χ3n) is 2.16. The van der Waals surface area contributed by atoms with Crippen LogP contribution < -0.4 is 5.73 Å². The first-order valence-corrected chi connectivity index (χ1v) is 5.53. The number of hydrogen-bond acceptors (Lipinski definition) is 4. The molecule has 1 aromatic carbocycles. The Morgan fingerprint density at radius 2 is 1.82 bits per heavy atom. The number of hydrogen-bond donors (Lipinski definition) is 2. The quantitative estimate of drug-likeness (QED) is 0.779. The van der Waals surface area contributed by atoms with Crippen molar-refractivity contribution >= 4 is 5.97 Å². The summed E-state index contributed by atoms with van der Waals surface area (Å²) in [6, 6.07) is 7.75. The summed E-state index contributed by atoms with van der Waals surface area (Å²) in [5, 5.41) is 9.93. The van der Waals surface area contributed by atoms with E-state index < -0.39 is 23.7 Å². The molecule has 17 heavy (non-hydrogen) atoms. The van der Waals surface area contributed by atoms with Crippen molar-refractivity contribution in [1.82, 2.24) is 0 Å².